The number of fused-ring (bicyclic) bond motifs is 1. The van der Waals surface area contributed by atoms with E-state index < -0.39 is 10.0 Å². The highest BCUT2D eigenvalue weighted by atomic mass is 35.5. The van der Waals surface area contributed by atoms with E-state index >= 15 is 0 Å². The molecule has 0 aliphatic carbocycles. The van der Waals surface area contributed by atoms with Crippen LogP contribution in [0, 0.1) is 0 Å². The van der Waals surface area contributed by atoms with Crippen molar-refractivity contribution in [2.24, 2.45) is 0 Å². The highest BCUT2D eigenvalue weighted by Gasteiger charge is 2.16. The maximum atomic E-state index is 12.6. The summed E-state index contributed by atoms with van der Waals surface area (Å²) in [6.45, 7) is 3.58. The van der Waals surface area contributed by atoms with E-state index in [1.807, 2.05) is 24.4 Å². The van der Waals surface area contributed by atoms with Crippen molar-refractivity contribution in [2.45, 2.75) is 24.2 Å². The number of hydrogen-bond donors (Lipinski definition) is 3. The largest absolute Gasteiger partial charge is 0.494 e. The van der Waals surface area contributed by atoms with Gasteiger partial charge in [0, 0.05) is 48.3 Å². The van der Waals surface area contributed by atoms with E-state index in [1.54, 1.807) is 24.3 Å². The predicted octanol–water partition coefficient (Wildman–Crippen LogP) is 2.93. The van der Waals surface area contributed by atoms with Gasteiger partial charge in [0.25, 0.3) is 0 Å². The highest BCUT2D eigenvalue weighted by molar-refractivity contribution is 7.89. The van der Waals surface area contributed by atoms with Crippen molar-refractivity contribution in [1.82, 2.24) is 19.9 Å². The first-order chi connectivity index (χ1) is 16.4. The molecule has 1 aliphatic heterocycles. The first kappa shape index (κ1) is 24.5. The number of H-pyrrole nitrogens is 1. The van der Waals surface area contributed by atoms with Gasteiger partial charge in [-0.15, -0.1) is 0 Å². The topological polar surface area (TPSA) is 104 Å². The number of benzene rings is 2. The Bertz CT molecular complexity index is 1230. The number of carbonyl (C=O) groups excluding carboxylic acids is 1. The van der Waals surface area contributed by atoms with Crippen LogP contribution in [0.4, 0.5) is 0 Å². The molecule has 3 N–H and O–H groups in total. The van der Waals surface area contributed by atoms with Gasteiger partial charge in [-0.05, 0) is 67.3 Å². The van der Waals surface area contributed by atoms with Crippen molar-refractivity contribution < 1.29 is 17.9 Å². The summed E-state index contributed by atoms with van der Waals surface area (Å²) < 4.78 is 33.6. The standard InChI is InChI=1S/C24H29ClN4O4S/c25-19-4-9-23-22(15-19)18(16-27-23)3-1-10-28-34(31,32)21-7-5-20(6-8-21)33-14-2-12-29-13-11-26-24(30)17-29/h4-9,15-16,27-28H,1-3,10-14,17H2,(H,26,30). The zero-order valence-corrected chi connectivity index (χ0v) is 20.4. The second kappa shape index (κ2) is 11.2. The van der Waals surface area contributed by atoms with Crippen molar-refractivity contribution in [3.63, 3.8) is 0 Å². The van der Waals surface area contributed by atoms with Gasteiger partial charge in [0.2, 0.25) is 15.9 Å². The van der Waals surface area contributed by atoms with Crippen molar-refractivity contribution in [2.75, 3.05) is 39.3 Å². The van der Waals surface area contributed by atoms with Gasteiger partial charge in [0.15, 0.2) is 0 Å². The molecule has 8 nitrogen and oxygen atoms in total. The third kappa shape index (κ3) is 6.50. The van der Waals surface area contributed by atoms with E-state index in [0.29, 0.717) is 43.4 Å². The van der Waals surface area contributed by atoms with Crippen LogP contribution in [0.25, 0.3) is 10.9 Å². The summed E-state index contributed by atoms with van der Waals surface area (Å²) in [5.74, 6) is 0.675. The molecule has 1 amide bonds. The Balaban J connectivity index is 1.20. The van der Waals surface area contributed by atoms with E-state index in [1.165, 1.54) is 0 Å². The molecule has 1 aliphatic rings. The lowest BCUT2D eigenvalue weighted by molar-refractivity contribution is -0.124. The van der Waals surface area contributed by atoms with Crippen LogP contribution < -0.4 is 14.8 Å². The Morgan fingerprint density at radius 1 is 1.12 bits per heavy atom. The summed E-state index contributed by atoms with van der Waals surface area (Å²) in [4.78, 5) is 16.9. The number of aryl methyl sites for hydroxylation is 1. The van der Waals surface area contributed by atoms with Crippen LogP contribution in [0.2, 0.25) is 5.02 Å². The third-order valence-corrected chi connectivity index (χ3v) is 7.50. The molecule has 0 unspecified atom stereocenters. The maximum Gasteiger partial charge on any atom is 0.240 e. The predicted molar refractivity (Wildman–Crippen MR) is 133 cm³/mol. The highest BCUT2D eigenvalue weighted by Crippen LogP contribution is 2.23. The van der Waals surface area contributed by atoms with Crippen molar-refractivity contribution in [3.8, 4) is 5.75 Å². The van der Waals surface area contributed by atoms with E-state index in [2.05, 4.69) is 19.9 Å². The van der Waals surface area contributed by atoms with E-state index in [9.17, 15) is 13.2 Å². The number of carbonyl (C=O) groups is 1. The van der Waals surface area contributed by atoms with E-state index in [-0.39, 0.29) is 10.8 Å². The number of halogens is 1. The summed E-state index contributed by atoms with van der Waals surface area (Å²) in [5.41, 5.74) is 2.13. The van der Waals surface area contributed by atoms with Gasteiger partial charge >= 0.3 is 0 Å². The number of piperazine rings is 1. The smallest absolute Gasteiger partial charge is 0.240 e. The summed E-state index contributed by atoms with van der Waals surface area (Å²) in [6, 6.07) is 12.1. The third-order valence-electron chi connectivity index (χ3n) is 5.78. The minimum absolute atomic E-state index is 0.0560. The van der Waals surface area contributed by atoms with Gasteiger partial charge in [-0.3, -0.25) is 9.69 Å². The number of hydrogen-bond acceptors (Lipinski definition) is 5. The summed E-state index contributed by atoms with van der Waals surface area (Å²) in [5, 5.41) is 4.54. The van der Waals surface area contributed by atoms with Crippen LogP contribution >= 0.6 is 11.6 Å². The maximum absolute atomic E-state index is 12.6. The molecule has 0 spiro atoms. The Labute approximate surface area is 204 Å². The van der Waals surface area contributed by atoms with Gasteiger partial charge < -0.3 is 15.0 Å². The summed E-state index contributed by atoms with van der Waals surface area (Å²) >= 11 is 6.09. The number of ether oxygens (including phenoxy) is 1. The zero-order chi connectivity index (χ0) is 24.0. The minimum atomic E-state index is -3.59. The Morgan fingerprint density at radius 3 is 2.74 bits per heavy atom. The Hall–Kier alpha value is -2.59. The van der Waals surface area contributed by atoms with Gasteiger partial charge in [0.05, 0.1) is 18.0 Å². The fourth-order valence-electron chi connectivity index (χ4n) is 4.00. The van der Waals surface area contributed by atoms with Crippen molar-refractivity contribution in [3.05, 3.63) is 59.2 Å². The average molecular weight is 505 g/mol. The van der Waals surface area contributed by atoms with Crippen LogP contribution in [0.3, 0.4) is 0 Å². The molecule has 4 rings (SSSR count). The normalized spacial score (nSPS) is 14.9. The zero-order valence-electron chi connectivity index (χ0n) is 18.8. The number of aromatic nitrogens is 1. The van der Waals surface area contributed by atoms with Gasteiger partial charge in [0.1, 0.15) is 5.75 Å². The average Bonchev–Trinajstić information content (AvgIpc) is 3.22. The quantitative estimate of drug-likeness (QED) is 0.348. The number of sulfonamides is 1. The molecule has 1 aromatic heterocycles. The molecular formula is C24H29ClN4O4S. The van der Waals surface area contributed by atoms with Gasteiger partial charge in [-0.2, -0.15) is 0 Å². The van der Waals surface area contributed by atoms with Crippen molar-refractivity contribution >= 4 is 38.4 Å². The molecular weight excluding hydrogens is 476 g/mol. The summed E-state index contributed by atoms with van der Waals surface area (Å²) in [6.07, 6.45) is 4.13. The van der Waals surface area contributed by atoms with Crippen LogP contribution in [-0.2, 0) is 21.2 Å². The second-order valence-electron chi connectivity index (χ2n) is 8.30. The molecule has 0 atom stereocenters. The van der Waals surface area contributed by atoms with Gasteiger partial charge in [-0.25, -0.2) is 13.1 Å². The van der Waals surface area contributed by atoms with E-state index in [4.69, 9.17) is 16.3 Å². The fraction of sp³-hybridized carbons (Fsp3) is 0.375. The molecule has 3 aromatic rings. The molecule has 34 heavy (non-hydrogen) atoms. The molecule has 0 bridgehead atoms. The fourth-order valence-corrected chi connectivity index (χ4v) is 5.25. The lowest BCUT2D eigenvalue weighted by Gasteiger charge is -2.26. The van der Waals surface area contributed by atoms with Crippen molar-refractivity contribution in [1.29, 1.82) is 0 Å². The Kier molecular flexibility index (Phi) is 8.10. The number of rotatable bonds is 11. The lowest BCUT2D eigenvalue weighted by Crippen LogP contribution is -2.47. The van der Waals surface area contributed by atoms with Gasteiger partial charge in [-0.1, -0.05) is 11.6 Å². The van der Waals surface area contributed by atoms with Crippen LogP contribution in [0.5, 0.6) is 5.75 Å². The molecule has 182 valence electrons. The first-order valence-corrected chi connectivity index (χ1v) is 13.2. The SMILES string of the molecule is O=C1CN(CCCOc2ccc(S(=O)(=O)NCCCc3c[nH]c4ccc(Cl)cc34)cc2)CCN1. The minimum Gasteiger partial charge on any atom is -0.494 e. The molecule has 0 saturated carbocycles. The first-order valence-electron chi connectivity index (χ1n) is 11.4. The molecule has 2 heterocycles. The summed E-state index contributed by atoms with van der Waals surface area (Å²) in [7, 11) is -3.59. The molecule has 1 fully saturated rings. The van der Waals surface area contributed by atoms with Crippen LogP contribution in [0.15, 0.2) is 53.6 Å². The lowest BCUT2D eigenvalue weighted by atomic mass is 10.1. The molecule has 0 radical (unpaired) electrons. The van der Waals surface area contributed by atoms with Crippen LogP contribution in [-0.4, -0.2) is 63.5 Å². The molecule has 10 heteroatoms. The molecule has 1 saturated heterocycles. The van der Waals surface area contributed by atoms with E-state index in [0.717, 1.165) is 42.4 Å². The second-order valence-corrected chi connectivity index (χ2v) is 10.5. The number of amides is 1. The molecule has 2 aromatic carbocycles. The van der Waals surface area contributed by atoms with Crippen LogP contribution in [0.1, 0.15) is 18.4 Å². The number of nitrogens with one attached hydrogen (secondary N) is 3. The number of aromatic amines is 1. The Morgan fingerprint density at radius 2 is 1.94 bits per heavy atom. The monoisotopic (exact) mass is 504 g/mol. The number of nitrogens with zero attached hydrogens (tertiary/aromatic N) is 1.